The maximum atomic E-state index is 5.04. The summed E-state index contributed by atoms with van der Waals surface area (Å²) in [5.41, 5.74) is 11.1. The predicted octanol–water partition coefficient (Wildman–Crippen LogP) is 13.1. The zero-order valence-electron chi connectivity index (χ0n) is 32.8. The van der Waals surface area contributed by atoms with Gasteiger partial charge in [0.05, 0.1) is 5.70 Å². The second-order valence-corrected chi connectivity index (χ2v) is 14.6. The molecular weight excluding hydrogens is 719 g/mol. The van der Waals surface area contributed by atoms with Gasteiger partial charge in [0.25, 0.3) is 0 Å². The topological polar surface area (TPSA) is 63.4 Å². The molecule has 0 saturated heterocycles. The number of aromatic nitrogens is 3. The van der Waals surface area contributed by atoms with E-state index < -0.39 is 0 Å². The minimum atomic E-state index is 0.0333. The molecule has 1 aliphatic carbocycles. The van der Waals surface area contributed by atoms with Gasteiger partial charge in [0.15, 0.2) is 17.5 Å². The zero-order valence-corrected chi connectivity index (χ0v) is 32.8. The van der Waals surface area contributed by atoms with E-state index in [2.05, 4.69) is 85.5 Å². The van der Waals surface area contributed by atoms with Gasteiger partial charge in [-0.3, -0.25) is 0 Å². The number of aliphatic imine (C=N–C) groups is 2. The summed E-state index contributed by atoms with van der Waals surface area (Å²) in [7, 11) is 0. The largest absolute Gasteiger partial charge is 0.233 e. The average Bonchev–Trinajstić information content (AvgIpc) is 3.32. The van der Waals surface area contributed by atoms with Crippen LogP contribution in [0.1, 0.15) is 47.3 Å². The van der Waals surface area contributed by atoms with Gasteiger partial charge in [0.1, 0.15) is 5.82 Å². The molecule has 9 rings (SSSR count). The van der Waals surface area contributed by atoms with E-state index in [4.69, 9.17) is 24.9 Å². The number of amidine groups is 1. The van der Waals surface area contributed by atoms with Gasteiger partial charge in [-0.05, 0) is 63.6 Å². The van der Waals surface area contributed by atoms with E-state index in [1.807, 2.05) is 128 Å². The second-order valence-electron chi connectivity index (χ2n) is 14.6. The zero-order chi connectivity index (χ0) is 40.0. The fourth-order valence-electron chi connectivity index (χ4n) is 7.40. The van der Waals surface area contributed by atoms with Crippen LogP contribution in [-0.4, -0.2) is 26.5 Å². The molecule has 0 bridgehead atoms. The number of allylic oxidation sites excluding steroid dienone is 4. The minimum Gasteiger partial charge on any atom is -0.233 e. The summed E-state index contributed by atoms with van der Waals surface area (Å²) in [4.78, 5) is 24.8. The lowest BCUT2D eigenvalue weighted by Crippen LogP contribution is -2.08. The quantitative estimate of drug-likeness (QED) is 0.109. The van der Waals surface area contributed by atoms with Crippen molar-refractivity contribution in [1.82, 2.24) is 15.0 Å². The Bertz CT molecular complexity index is 2840. The highest BCUT2D eigenvalue weighted by Crippen LogP contribution is 2.35. The third-order valence-electron chi connectivity index (χ3n) is 10.6. The summed E-state index contributed by atoms with van der Waals surface area (Å²) in [6.45, 7) is 6.28. The van der Waals surface area contributed by atoms with E-state index >= 15 is 0 Å². The van der Waals surface area contributed by atoms with Crippen LogP contribution in [0.25, 0.3) is 55.9 Å². The van der Waals surface area contributed by atoms with Gasteiger partial charge in [0.2, 0.25) is 0 Å². The molecule has 0 fully saturated rings. The maximum absolute atomic E-state index is 5.04. The van der Waals surface area contributed by atoms with Crippen LogP contribution in [0.3, 0.4) is 0 Å². The van der Waals surface area contributed by atoms with E-state index in [0.29, 0.717) is 23.2 Å². The van der Waals surface area contributed by atoms with E-state index in [-0.39, 0.29) is 5.92 Å². The molecule has 0 aliphatic heterocycles. The van der Waals surface area contributed by atoms with Crippen molar-refractivity contribution < 1.29 is 0 Å². The van der Waals surface area contributed by atoms with Crippen molar-refractivity contribution in [2.24, 2.45) is 9.98 Å². The normalized spacial score (nSPS) is 14.3. The Morgan fingerprint density at radius 3 is 1.75 bits per heavy atom. The molecule has 0 saturated carbocycles. The first kappa shape index (κ1) is 37.0. The molecule has 7 aromatic carbocycles. The first-order valence-corrected chi connectivity index (χ1v) is 19.9. The van der Waals surface area contributed by atoms with Crippen LogP contribution in [0.5, 0.6) is 0 Å². The van der Waals surface area contributed by atoms with Gasteiger partial charge in [-0.1, -0.05) is 201 Å². The van der Waals surface area contributed by atoms with Gasteiger partial charge in [-0.25, -0.2) is 24.9 Å². The lowest BCUT2D eigenvalue weighted by molar-refractivity contribution is 0.766. The summed E-state index contributed by atoms with van der Waals surface area (Å²) in [5, 5.41) is 2.40. The Morgan fingerprint density at radius 1 is 0.542 bits per heavy atom. The Morgan fingerprint density at radius 2 is 1.14 bits per heavy atom. The molecule has 0 spiro atoms. The maximum Gasteiger partial charge on any atom is 0.163 e. The number of fused-ring (bicyclic) bond motifs is 1. The highest BCUT2D eigenvalue weighted by atomic mass is 15.0. The molecule has 282 valence electrons. The Balaban J connectivity index is 0.978. The van der Waals surface area contributed by atoms with E-state index in [1.54, 1.807) is 0 Å². The Kier molecular flexibility index (Phi) is 10.6. The molecule has 59 heavy (non-hydrogen) atoms. The molecular formula is C54H41N5. The molecule has 0 radical (unpaired) electrons. The minimum absolute atomic E-state index is 0.0333. The van der Waals surface area contributed by atoms with E-state index in [1.165, 1.54) is 27.5 Å². The smallest absolute Gasteiger partial charge is 0.163 e. The van der Waals surface area contributed by atoms with Gasteiger partial charge in [-0.2, -0.15) is 0 Å². The fraction of sp³-hybridized carbons (Fsp3) is 0.0556. The van der Waals surface area contributed by atoms with Crippen LogP contribution in [0.2, 0.25) is 0 Å². The van der Waals surface area contributed by atoms with Crippen LogP contribution in [-0.2, 0) is 0 Å². The predicted molar refractivity (Wildman–Crippen MR) is 245 cm³/mol. The van der Waals surface area contributed by atoms with Crippen molar-refractivity contribution in [2.45, 2.75) is 19.3 Å². The highest BCUT2D eigenvalue weighted by Gasteiger charge is 2.19. The summed E-state index contributed by atoms with van der Waals surface area (Å²) >= 11 is 0. The van der Waals surface area contributed by atoms with Gasteiger partial charge >= 0.3 is 0 Å². The molecule has 1 aromatic heterocycles. The number of hydrogen-bond donors (Lipinski definition) is 0. The lowest BCUT2D eigenvalue weighted by atomic mass is 9.90. The summed E-state index contributed by atoms with van der Waals surface area (Å²) in [6.07, 6.45) is 7.54. The molecule has 0 amide bonds. The third kappa shape index (κ3) is 8.27. The fourth-order valence-corrected chi connectivity index (χ4v) is 7.40. The second kappa shape index (κ2) is 16.8. The summed E-state index contributed by atoms with van der Waals surface area (Å²) < 4.78 is 0. The molecule has 1 unspecified atom stereocenters. The number of benzene rings is 7. The van der Waals surface area contributed by atoms with Crippen molar-refractivity contribution >= 4 is 33.6 Å². The first-order valence-electron chi connectivity index (χ1n) is 19.9. The lowest BCUT2D eigenvalue weighted by Gasteiger charge is -2.17. The molecule has 8 aromatic rings. The van der Waals surface area contributed by atoms with Crippen molar-refractivity contribution in [1.29, 1.82) is 0 Å². The Hall–Kier alpha value is -7.63. The van der Waals surface area contributed by atoms with Crippen LogP contribution < -0.4 is 0 Å². The van der Waals surface area contributed by atoms with Crippen LogP contribution >= 0.6 is 0 Å². The Labute approximate surface area is 345 Å². The van der Waals surface area contributed by atoms with Gasteiger partial charge < -0.3 is 0 Å². The molecule has 5 nitrogen and oxygen atoms in total. The van der Waals surface area contributed by atoms with E-state index in [0.717, 1.165) is 51.3 Å². The average molecular weight is 760 g/mol. The standard InChI is InChI=1S/C54H41N5/c1-37(39-16-7-3-8-17-39)55-51(44-18-9-4-10-19-44)56-38(2)40-26-30-43(31-27-40)49-25-15-24-42-32-35-48(36-50(42)49)41-28-33-47(34-29-41)54-58-52(45-20-11-5-12-21-45)57-53(59-54)46-22-13-6-14-23-46/h3-33,35-36,47H,1,34H2,2H3. The van der Waals surface area contributed by atoms with E-state index in [9.17, 15) is 0 Å². The number of hydrogen-bond acceptors (Lipinski definition) is 4. The SMILES string of the molecule is C=C(N=C(N=C(C)c1ccc(-c2cccc3ccc(C4=CCC(c5nc(-c6ccccc6)nc(-c6ccccc6)n5)C=C4)cc23)cc1)c1ccccc1)c1ccccc1. The molecule has 1 atom stereocenters. The molecule has 0 N–H and O–H groups in total. The summed E-state index contributed by atoms with van der Waals surface area (Å²) in [5.74, 6) is 2.81. The molecule has 5 heteroatoms. The van der Waals surface area contributed by atoms with Crippen molar-refractivity contribution in [3.63, 3.8) is 0 Å². The van der Waals surface area contributed by atoms with Gasteiger partial charge in [0, 0.05) is 28.3 Å². The molecule has 1 heterocycles. The highest BCUT2D eigenvalue weighted by molar-refractivity contribution is 6.13. The monoisotopic (exact) mass is 759 g/mol. The first-order chi connectivity index (χ1) is 29.1. The van der Waals surface area contributed by atoms with Crippen molar-refractivity contribution in [3.8, 4) is 33.9 Å². The number of rotatable bonds is 9. The third-order valence-corrected chi connectivity index (χ3v) is 10.6. The summed E-state index contributed by atoms with van der Waals surface area (Å²) in [6, 6.07) is 62.3. The van der Waals surface area contributed by atoms with Crippen LogP contribution in [0.15, 0.2) is 217 Å². The van der Waals surface area contributed by atoms with Crippen molar-refractivity contribution in [2.75, 3.05) is 0 Å². The van der Waals surface area contributed by atoms with Crippen molar-refractivity contribution in [3.05, 3.63) is 235 Å². The molecule has 1 aliphatic rings. The van der Waals surface area contributed by atoms with Crippen LogP contribution in [0, 0.1) is 0 Å². The van der Waals surface area contributed by atoms with Crippen LogP contribution in [0.4, 0.5) is 0 Å². The van der Waals surface area contributed by atoms with Gasteiger partial charge in [-0.15, -0.1) is 0 Å². The number of nitrogens with zero attached hydrogens (tertiary/aromatic N) is 5.